The van der Waals surface area contributed by atoms with Gasteiger partial charge in [-0.1, -0.05) is 0 Å². The monoisotopic (exact) mass is 331 g/mol. The molecule has 0 atom stereocenters. The normalized spacial score (nSPS) is 10.6. The molecule has 0 saturated heterocycles. The fraction of sp³-hybridized carbons (Fsp3) is 0.273. The van der Waals surface area contributed by atoms with Crippen LogP contribution in [0.15, 0.2) is 22.9 Å². The molecule has 0 spiro atoms. The fourth-order valence-corrected chi connectivity index (χ4v) is 1.90. The predicted molar refractivity (Wildman–Crippen MR) is 67.1 cm³/mol. The Hall–Kier alpha value is -1.11. The number of carbonyl (C=O) groups is 1. The summed E-state index contributed by atoms with van der Waals surface area (Å²) in [6.45, 7) is 2.18. The van der Waals surface area contributed by atoms with Gasteiger partial charge in [-0.25, -0.2) is 4.98 Å². The number of rotatable bonds is 3. The Kier molecular flexibility index (Phi) is 3.42. The van der Waals surface area contributed by atoms with E-state index in [-0.39, 0.29) is 12.4 Å². The first-order valence-corrected chi connectivity index (χ1v) is 5.96. The molecule has 84 valence electrons. The molecule has 0 unspecified atom stereocenters. The molecule has 0 aliphatic rings. The molecule has 0 aliphatic carbocycles. The van der Waals surface area contributed by atoms with Gasteiger partial charge in [-0.3, -0.25) is 4.79 Å². The number of nitrogens with zero attached hydrogens (tertiary/aromatic N) is 1. The van der Waals surface area contributed by atoms with Crippen LogP contribution in [0.25, 0.3) is 11.1 Å². The van der Waals surface area contributed by atoms with Crippen molar-refractivity contribution < 1.29 is 13.9 Å². The molecule has 0 aliphatic heterocycles. The van der Waals surface area contributed by atoms with Crippen molar-refractivity contribution in [3.8, 4) is 0 Å². The molecule has 2 aromatic heterocycles. The van der Waals surface area contributed by atoms with Crippen LogP contribution in [-0.2, 0) is 16.0 Å². The highest BCUT2D eigenvalue weighted by atomic mass is 127. The lowest BCUT2D eigenvalue weighted by molar-refractivity contribution is -0.142. The van der Waals surface area contributed by atoms with Crippen molar-refractivity contribution in [2.75, 3.05) is 6.61 Å². The Labute approximate surface area is 106 Å². The summed E-state index contributed by atoms with van der Waals surface area (Å²) in [6.07, 6.45) is 3.51. The standard InChI is InChI=1S/C11H10INO3/c1-2-15-10(14)3-7-6-16-11-9(7)4-8(12)5-13-11/h4-6H,2-3H2,1H3. The zero-order valence-corrected chi connectivity index (χ0v) is 10.9. The zero-order valence-electron chi connectivity index (χ0n) is 8.70. The van der Waals surface area contributed by atoms with Gasteiger partial charge in [0.1, 0.15) is 0 Å². The predicted octanol–water partition coefficient (Wildman–Crippen LogP) is 2.54. The van der Waals surface area contributed by atoms with Gasteiger partial charge in [-0.15, -0.1) is 0 Å². The van der Waals surface area contributed by atoms with Gasteiger partial charge in [0.05, 0.1) is 19.3 Å². The second-order valence-corrected chi connectivity index (χ2v) is 4.49. The summed E-state index contributed by atoms with van der Waals surface area (Å²) >= 11 is 2.17. The minimum absolute atomic E-state index is 0.225. The van der Waals surface area contributed by atoms with Crippen molar-refractivity contribution in [1.29, 1.82) is 0 Å². The number of aromatic nitrogens is 1. The number of halogens is 1. The lowest BCUT2D eigenvalue weighted by Crippen LogP contribution is -2.06. The Balaban J connectivity index is 2.30. The summed E-state index contributed by atoms with van der Waals surface area (Å²) in [5, 5.41) is 0.875. The highest BCUT2D eigenvalue weighted by molar-refractivity contribution is 14.1. The number of esters is 1. The van der Waals surface area contributed by atoms with E-state index in [1.54, 1.807) is 19.4 Å². The quantitative estimate of drug-likeness (QED) is 0.641. The molecular formula is C11H10INO3. The van der Waals surface area contributed by atoms with Crippen LogP contribution < -0.4 is 0 Å². The van der Waals surface area contributed by atoms with Crippen LogP contribution in [0.1, 0.15) is 12.5 Å². The van der Waals surface area contributed by atoms with E-state index in [0.29, 0.717) is 12.3 Å². The molecule has 0 radical (unpaired) electrons. The average molecular weight is 331 g/mol. The number of carbonyl (C=O) groups excluding carboxylic acids is 1. The Morgan fingerprint density at radius 1 is 1.62 bits per heavy atom. The van der Waals surface area contributed by atoms with Crippen LogP contribution in [0.2, 0.25) is 0 Å². The Bertz CT molecular complexity index is 521. The van der Waals surface area contributed by atoms with Crippen molar-refractivity contribution in [3.05, 3.63) is 27.7 Å². The topological polar surface area (TPSA) is 52.3 Å². The molecule has 16 heavy (non-hydrogen) atoms. The van der Waals surface area contributed by atoms with Gasteiger partial charge in [-0.05, 0) is 35.6 Å². The second-order valence-electron chi connectivity index (χ2n) is 3.25. The van der Waals surface area contributed by atoms with Gasteiger partial charge in [0.25, 0.3) is 0 Å². The van der Waals surface area contributed by atoms with Crippen molar-refractivity contribution in [3.63, 3.8) is 0 Å². The number of hydrogen-bond donors (Lipinski definition) is 0. The van der Waals surface area contributed by atoms with Crippen LogP contribution in [-0.4, -0.2) is 17.6 Å². The van der Waals surface area contributed by atoms with E-state index in [9.17, 15) is 4.79 Å². The van der Waals surface area contributed by atoms with E-state index in [1.165, 1.54) is 0 Å². The van der Waals surface area contributed by atoms with Crippen LogP contribution in [0.5, 0.6) is 0 Å². The van der Waals surface area contributed by atoms with Gasteiger partial charge in [-0.2, -0.15) is 0 Å². The third-order valence-electron chi connectivity index (χ3n) is 2.12. The second kappa shape index (κ2) is 4.82. The first kappa shape index (κ1) is 11.4. The molecule has 5 heteroatoms. The molecule has 2 aromatic rings. The lowest BCUT2D eigenvalue weighted by atomic mass is 10.1. The molecule has 2 rings (SSSR count). The summed E-state index contributed by atoms with van der Waals surface area (Å²) in [6, 6.07) is 1.95. The Morgan fingerprint density at radius 2 is 2.44 bits per heavy atom. The van der Waals surface area contributed by atoms with Crippen LogP contribution in [0.3, 0.4) is 0 Å². The van der Waals surface area contributed by atoms with Crippen molar-refractivity contribution in [1.82, 2.24) is 4.98 Å². The number of ether oxygens (including phenoxy) is 1. The number of hydrogen-bond acceptors (Lipinski definition) is 4. The first-order chi connectivity index (χ1) is 7.70. The molecular weight excluding hydrogens is 321 g/mol. The molecule has 4 nitrogen and oxygen atoms in total. The molecule has 0 N–H and O–H groups in total. The molecule has 0 bridgehead atoms. The first-order valence-electron chi connectivity index (χ1n) is 4.88. The largest absolute Gasteiger partial charge is 0.466 e. The van der Waals surface area contributed by atoms with Crippen LogP contribution in [0.4, 0.5) is 0 Å². The van der Waals surface area contributed by atoms with Crippen molar-refractivity contribution in [2.45, 2.75) is 13.3 Å². The molecule has 0 saturated carbocycles. The molecule has 0 aromatic carbocycles. The lowest BCUT2D eigenvalue weighted by Gasteiger charge is -1.99. The third kappa shape index (κ3) is 2.34. The van der Waals surface area contributed by atoms with Crippen molar-refractivity contribution in [2.24, 2.45) is 0 Å². The average Bonchev–Trinajstić information content (AvgIpc) is 2.61. The zero-order chi connectivity index (χ0) is 11.5. The van der Waals surface area contributed by atoms with Gasteiger partial charge in [0, 0.05) is 20.7 Å². The van der Waals surface area contributed by atoms with Gasteiger partial charge < -0.3 is 9.15 Å². The number of furan rings is 1. The SMILES string of the molecule is CCOC(=O)Cc1coc2ncc(I)cc12. The summed E-state index contributed by atoms with van der Waals surface area (Å²) in [4.78, 5) is 15.5. The van der Waals surface area contributed by atoms with Crippen molar-refractivity contribution >= 4 is 39.7 Å². The highest BCUT2D eigenvalue weighted by Crippen LogP contribution is 2.21. The van der Waals surface area contributed by atoms with E-state index in [4.69, 9.17) is 9.15 Å². The summed E-state index contributed by atoms with van der Waals surface area (Å²) < 4.78 is 11.2. The molecule has 0 fully saturated rings. The number of pyridine rings is 1. The maximum atomic E-state index is 11.4. The highest BCUT2D eigenvalue weighted by Gasteiger charge is 2.11. The minimum Gasteiger partial charge on any atom is -0.466 e. The minimum atomic E-state index is -0.246. The van der Waals surface area contributed by atoms with Crippen LogP contribution in [0, 0.1) is 3.57 Å². The molecule has 2 heterocycles. The summed E-state index contributed by atoms with van der Waals surface area (Å²) in [5.41, 5.74) is 1.37. The summed E-state index contributed by atoms with van der Waals surface area (Å²) in [7, 11) is 0. The molecule has 0 amide bonds. The van der Waals surface area contributed by atoms with Gasteiger partial charge >= 0.3 is 5.97 Å². The maximum Gasteiger partial charge on any atom is 0.310 e. The van der Waals surface area contributed by atoms with E-state index in [1.807, 2.05) is 6.07 Å². The van der Waals surface area contributed by atoms with Gasteiger partial charge in [0.15, 0.2) is 0 Å². The van der Waals surface area contributed by atoms with Gasteiger partial charge in [0.2, 0.25) is 5.71 Å². The maximum absolute atomic E-state index is 11.4. The van der Waals surface area contributed by atoms with E-state index < -0.39 is 0 Å². The van der Waals surface area contributed by atoms with Crippen LogP contribution >= 0.6 is 22.6 Å². The summed E-state index contributed by atoms with van der Waals surface area (Å²) in [5.74, 6) is -0.246. The Morgan fingerprint density at radius 3 is 3.19 bits per heavy atom. The van der Waals surface area contributed by atoms with E-state index >= 15 is 0 Å². The fourth-order valence-electron chi connectivity index (χ4n) is 1.45. The van der Waals surface area contributed by atoms with E-state index in [0.717, 1.165) is 14.5 Å². The van der Waals surface area contributed by atoms with E-state index in [2.05, 4.69) is 27.6 Å². The third-order valence-corrected chi connectivity index (χ3v) is 2.71. The smallest absolute Gasteiger partial charge is 0.310 e. The number of fused-ring (bicyclic) bond motifs is 1.